The number of benzene rings is 3. The summed E-state index contributed by atoms with van der Waals surface area (Å²) in [5, 5.41) is 11.5. The van der Waals surface area contributed by atoms with Crippen LogP contribution in [0.1, 0.15) is 31.0 Å². The monoisotopic (exact) mass is 528 g/mol. The fraction of sp³-hybridized carbons (Fsp3) is 0.290. The number of aliphatic hydroxyl groups is 1. The van der Waals surface area contributed by atoms with Gasteiger partial charge in [-0.2, -0.15) is 0 Å². The Morgan fingerprint density at radius 2 is 1.64 bits per heavy atom. The molecule has 8 nitrogen and oxygen atoms in total. The third kappa shape index (κ3) is 5.47. The smallest absolute Gasteiger partial charge is 0.295 e. The summed E-state index contributed by atoms with van der Waals surface area (Å²) in [6.07, 6.45) is 0. The SMILES string of the molecule is CCN(CC)CCN1C(=O)C(=O)C(=C(O)c2ccc3c(c2)OCCO3)[C@@H]1c1cccc(Oc2ccccc2)c1. The standard InChI is InChI=1S/C31H32N2O6/c1-3-32(4-2)15-16-33-28(21-9-8-12-24(19-21)39-23-10-6-5-7-11-23)27(30(35)31(33)36)29(34)22-13-14-25-26(20-22)38-18-17-37-25/h5-14,19-20,28,34H,3-4,15-18H2,1-2H3/t28-/m0/s1. The van der Waals surface area contributed by atoms with Crippen LogP contribution in [0.5, 0.6) is 23.0 Å². The van der Waals surface area contributed by atoms with Crippen LogP contribution in [-0.4, -0.2) is 66.0 Å². The van der Waals surface area contributed by atoms with Gasteiger partial charge in [-0.25, -0.2) is 0 Å². The van der Waals surface area contributed by atoms with E-state index in [1.165, 1.54) is 0 Å². The molecule has 0 bridgehead atoms. The number of carbonyl (C=O) groups is 2. The lowest BCUT2D eigenvalue weighted by Gasteiger charge is -2.28. The second-order valence-electron chi connectivity index (χ2n) is 9.37. The van der Waals surface area contributed by atoms with Crippen molar-refractivity contribution in [3.63, 3.8) is 0 Å². The van der Waals surface area contributed by atoms with E-state index in [1.807, 2.05) is 54.6 Å². The molecule has 5 rings (SSSR count). The Hall–Kier alpha value is -4.30. The number of aliphatic hydroxyl groups excluding tert-OH is 1. The molecule has 0 spiro atoms. The number of carbonyl (C=O) groups excluding carboxylic acids is 2. The largest absolute Gasteiger partial charge is 0.507 e. The van der Waals surface area contributed by atoms with Crippen molar-refractivity contribution in [3.05, 3.63) is 89.5 Å². The summed E-state index contributed by atoms with van der Waals surface area (Å²) in [7, 11) is 0. The number of nitrogens with zero attached hydrogens (tertiary/aromatic N) is 2. The van der Waals surface area contributed by atoms with Crippen LogP contribution in [0.3, 0.4) is 0 Å². The molecule has 3 aromatic carbocycles. The van der Waals surface area contributed by atoms with Gasteiger partial charge in [-0.3, -0.25) is 9.59 Å². The van der Waals surface area contributed by atoms with Gasteiger partial charge in [-0.05, 0) is 61.1 Å². The highest BCUT2D eigenvalue weighted by atomic mass is 16.6. The van der Waals surface area contributed by atoms with Crippen molar-refractivity contribution in [2.24, 2.45) is 0 Å². The summed E-state index contributed by atoms with van der Waals surface area (Å²) < 4.78 is 17.3. The number of rotatable bonds is 9. The molecule has 0 aliphatic carbocycles. The average molecular weight is 529 g/mol. The van der Waals surface area contributed by atoms with Gasteiger partial charge in [0.15, 0.2) is 11.5 Å². The zero-order valence-corrected chi connectivity index (χ0v) is 22.1. The molecule has 2 heterocycles. The molecule has 1 saturated heterocycles. The van der Waals surface area contributed by atoms with E-state index in [2.05, 4.69) is 18.7 Å². The van der Waals surface area contributed by atoms with Crippen LogP contribution in [0.4, 0.5) is 0 Å². The van der Waals surface area contributed by atoms with Gasteiger partial charge >= 0.3 is 0 Å². The van der Waals surface area contributed by atoms with Crippen molar-refractivity contribution in [1.29, 1.82) is 0 Å². The van der Waals surface area contributed by atoms with E-state index in [0.717, 1.165) is 13.1 Å². The van der Waals surface area contributed by atoms with Gasteiger partial charge in [0.1, 0.15) is 30.5 Å². The molecule has 39 heavy (non-hydrogen) atoms. The minimum Gasteiger partial charge on any atom is -0.507 e. The summed E-state index contributed by atoms with van der Waals surface area (Å²) >= 11 is 0. The molecule has 3 aromatic rings. The van der Waals surface area contributed by atoms with Gasteiger partial charge in [-0.1, -0.05) is 44.2 Å². The minimum absolute atomic E-state index is 0.0353. The first-order valence-electron chi connectivity index (χ1n) is 13.2. The zero-order valence-electron chi connectivity index (χ0n) is 22.1. The Kier molecular flexibility index (Phi) is 7.84. The Bertz CT molecular complexity index is 1380. The molecule has 202 valence electrons. The molecule has 1 amide bonds. The number of fused-ring (bicyclic) bond motifs is 1. The number of amides is 1. The van der Waals surface area contributed by atoms with Crippen LogP contribution in [0, 0.1) is 0 Å². The molecule has 2 aliphatic rings. The van der Waals surface area contributed by atoms with Gasteiger partial charge in [0.25, 0.3) is 11.7 Å². The fourth-order valence-corrected chi connectivity index (χ4v) is 4.97. The van der Waals surface area contributed by atoms with E-state index in [1.54, 1.807) is 23.1 Å². The first-order chi connectivity index (χ1) is 19.0. The van der Waals surface area contributed by atoms with Crippen molar-refractivity contribution in [2.45, 2.75) is 19.9 Å². The summed E-state index contributed by atoms with van der Waals surface area (Å²) in [6.45, 7) is 7.52. The van der Waals surface area contributed by atoms with Gasteiger partial charge < -0.3 is 29.1 Å². The number of hydrogen-bond donors (Lipinski definition) is 1. The zero-order chi connectivity index (χ0) is 27.4. The van der Waals surface area contributed by atoms with E-state index in [9.17, 15) is 14.7 Å². The summed E-state index contributed by atoms with van der Waals surface area (Å²) in [5.41, 5.74) is 1.08. The topological polar surface area (TPSA) is 88.5 Å². The summed E-state index contributed by atoms with van der Waals surface area (Å²) in [5.74, 6) is 0.668. The molecule has 0 saturated carbocycles. The molecule has 0 unspecified atom stereocenters. The van der Waals surface area contributed by atoms with Crippen LogP contribution in [0.25, 0.3) is 5.76 Å². The second-order valence-corrected chi connectivity index (χ2v) is 9.37. The highest BCUT2D eigenvalue weighted by Gasteiger charge is 2.46. The number of ether oxygens (including phenoxy) is 3. The quantitative estimate of drug-likeness (QED) is 0.237. The van der Waals surface area contributed by atoms with E-state index >= 15 is 0 Å². The predicted octanol–water partition coefficient (Wildman–Crippen LogP) is 5.01. The third-order valence-corrected chi connectivity index (χ3v) is 7.06. The van der Waals surface area contributed by atoms with Gasteiger partial charge in [-0.15, -0.1) is 0 Å². The molecular weight excluding hydrogens is 496 g/mol. The molecule has 0 radical (unpaired) electrons. The van der Waals surface area contributed by atoms with Gasteiger partial charge in [0.2, 0.25) is 0 Å². The number of ketones is 1. The Morgan fingerprint density at radius 3 is 2.38 bits per heavy atom. The lowest BCUT2D eigenvalue weighted by Crippen LogP contribution is -2.38. The van der Waals surface area contributed by atoms with Crippen molar-refractivity contribution in [2.75, 3.05) is 39.4 Å². The first-order valence-corrected chi connectivity index (χ1v) is 13.2. The molecular formula is C31H32N2O6. The summed E-state index contributed by atoms with van der Waals surface area (Å²) in [6, 6.07) is 20.9. The Balaban J connectivity index is 1.57. The average Bonchev–Trinajstić information content (AvgIpc) is 3.23. The lowest BCUT2D eigenvalue weighted by atomic mass is 9.95. The predicted molar refractivity (Wildman–Crippen MR) is 147 cm³/mol. The fourth-order valence-electron chi connectivity index (χ4n) is 4.97. The Morgan fingerprint density at radius 1 is 0.923 bits per heavy atom. The van der Waals surface area contributed by atoms with Crippen molar-refractivity contribution in [1.82, 2.24) is 9.80 Å². The lowest BCUT2D eigenvalue weighted by molar-refractivity contribution is -0.140. The van der Waals surface area contributed by atoms with Gasteiger partial charge in [0, 0.05) is 18.7 Å². The number of likely N-dealkylation sites (tertiary alicyclic amines) is 1. The van der Waals surface area contributed by atoms with E-state index in [4.69, 9.17) is 14.2 Å². The van der Waals surface area contributed by atoms with E-state index in [0.29, 0.717) is 60.4 Å². The minimum atomic E-state index is -0.784. The number of Topliss-reactive ketones (excluding diaryl/α,β-unsaturated/α-hetero) is 1. The third-order valence-electron chi connectivity index (χ3n) is 7.06. The maximum atomic E-state index is 13.5. The van der Waals surface area contributed by atoms with Gasteiger partial charge in [0.05, 0.1) is 11.6 Å². The summed E-state index contributed by atoms with van der Waals surface area (Å²) in [4.78, 5) is 30.6. The Labute approximate surface area is 228 Å². The van der Waals surface area contributed by atoms with Crippen molar-refractivity contribution in [3.8, 4) is 23.0 Å². The molecule has 1 fully saturated rings. The van der Waals surface area contributed by atoms with Crippen LogP contribution >= 0.6 is 0 Å². The van der Waals surface area contributed by atoms with Crippen molar-refractivity contribution < 1.29 is 28.9 Å². The highest BCUT2D eigenvalue weighted by Crippen LogP contribution is 2.42. The normalized spacial score (nSPS) is 18.0. The van der Waals surface area contributed by atoms with Crippen molar-refractivity contribution >= 4 is 17.4 Å². The van der Waals surface area contributed by atoms with Crippen LogP contribution in [-0.2, 0) is 9.59 Å². The molecule has 1 N–H and O–H groups in total. The van der Waals surface area contributed by atoms with Crippen LogP contribution < -0.4 is 14.2 Å². The molecule has 0 aromatic heterocycles. The van der Waals surface area contributed by atoms with Crippen LogP contribution in [0.15, 0.2) is 78.4 Å². The number of likely N-dealkylation sites (N-methyl/N-ethyl adjacent to an activating group) is 1. The van der Waals surface area contributed by atoms with Crippen LogP contribution in [0.2, 0.25) is 0 Å². The molecule has 1 atom stereocenters. The molecule has 8 heteroatoms. The highest BCUT2D eigenvalue weighted by molar-refractivity contribution is 6.46. The maximum Gasteiger partial charge on any atom is 0.295 e. The number of para-hydroxylation sites is 1. The number of hydrogen-bond acceptors (Lipinski definition) is 7. The van der Waals surface area contributed by atoms with E-state index < -0.39 is 17.7 Å². The second kappa shape index (κ2) is 11.6. The maximum absolute atomic E-state index is 13.5. The van der Waals surface area contributed by atoms with E-state index in [-0.39, 0.29) is 11.3 Å². The first kappa shape index (κ1) is 26.3. The molecule has 2 aliphatic heterocycles.